The van der Waals surface area contributed by atoms with Crippen molar-refractivity contribution < 1.29 is 4.79 Å². The highest BCUT2D eigenvalue weighted by atomic mass is 35.5. The Bertz CT molecular complexity index is 623. The van der Waals surface area contributed by atoms with E-state index in [-0.39, 0.29) is 6.03 Å². The van der Waals surface area contributed by atoms with Crippen LogP contribution in [0.3, 0.4) is 0 Å². The lowest BCUT2D eigenvalue weighted by atomic mass is 10.2. The van der Waals surface area contributed by atoms with Crippen LogP contribution in [0.15, 0.2) is 36.5 Å². The van der Waals surface area contributed by atoms with E-state index in [1.165, 1.54) is 0 Å². The fraction of sp³-hybridized carbons (Fsp3) is 0.333. The topological polar surface area (TPSA) is 64.3 Å². The van der Waals surface area contributed by atoms with Gasteiger partial charge in [-0.15, -0.1) is 0 Å². The molecule has 1 fully saturated rings. The fourth-order valence-electron chi connectivity index (χ4n) is 2.51. The zero-order valence-electron chi connectivity index (χ0n) is 12.1. The number of carbonyl (C=O) groups is 1. The first-order valence-corrected chi connectivity index (χ1v) is 7.62. The van der Waals surface area contributed by atoms with Crippen molar-refractivity contribution in [3.8, 4) is 0 Å². The van der Waals surface area contributed by atoms with Gasteiger partial charge in [0.15, 0.2) is 0 Å². The minimum atomic E-state index is -0.0413. The van der Waals surface area contributed by atoms with Gasteiger partial charge in [-0.1, -0.05) is 17.7 Å². The van der Waals surface area contributed by atoms with Crippen molar-refractivity contribution in [2.45, 2.75) is 6.54 Å². The molecule has 2 aromatic rings. The molecule has 22 heavy (non-hydrogen) atoms. The zero-order chi connectivity index (χ0) is 15.4. The lowest BCUT2D eigenvalue weighted by molar-refractivity contribution is 0.194. The van der Waals surface area contributed by atoms with Crippen LogP contribution in [0.2, 0.25) is 5.02 Å². The summed E-state index contributed by atoms with van der Waals surface area (Å²) >= 11 is 6.02. The first-order chi connectivity index (χ1) is 10.7. The number of hydrogen-bond donors (Lipinski definition) is 2. The maximum absolute atomic E-state index is 12.1. The number of nitrogens with zero attached hydrogens (tertiary/aromatic N) is 3. The maximum atomic E-state index is 12.1. The third kappa shape index (κ3) is 3.51. The number of piperazine rings is 1. The molecule has 0 radical (unpaired) electrons. The van der Waals surface area contributed by atoms with Gasteiger partial charge in [-0.25, -0.2) is 4.79 Å². The van der Waals surface area contributed by atoms with Gasteiger partial charge in [-0.3, -0.25) is 5.10 Å². The van der Waals surface area contributed by atoms with Crippen LogP contribution in [-0.4, -0.2) is 47.3 Å². The fourth-order valence-corrected chi connectivity index (χ4v) is 2.69. The van der Waals surface area contributed by atoms with Gasteiger partial charge in [0.1, 0.15) is 0 Å². The van der Waals surface area contributed by atoms with Crippen molar-refractivity contribution in [2.75, 3.05) is 31.1 Å². The summed E-state index contributed by atoms with van der Waals surface area (Å²) in [5.41, 5.74) is 2.00. The number of benzene rings is 1. The van der Waals surface area contributed by atoms with E-state index < -0.39 is 0 Å². The van der Waals surface area contributed by atoms with Crippen molar-refractivity contribution in [3.63, 3.8) is 0 Å². The molecule has 1 aromatic carbocycles. The standard InChI is InChI=1S/C15H18ClN5O/c16-12-2-1-3-14(10-12)20-6-8-21(9-7-20)15(22)17-11-13-4-5-18-19-13/h1-5,10H,6-9,11H2,(H,17,22)(H,18,19). The molecule has 1 saturated heterocycles. The molecule has 2 heterocycles. The average molecular weight is 320 g/mol. The Morgan fingerprint density at radius 1 is 1.27 bits per heavy atom. The van der Waals surface area contributed by atoms with E-state index in [1.54, 1.807) is 6.20 Å². The van der Waals surface area contributed by atoms with Crippen molar-refractivity contribution in [2.24, 2.45) is 0 Å². The highest BCUT2D eigenvalue weighted by molar-refractivity contribution is 6.30. The number of carbonyl (C=O) groups excluding carboxylic acids is 1. The largest absolute Gasteiger partial charge is 0.368 e. The molecule has 3 rings (SSSR count). The maximum Gasteiger partial charge on any atom is 0.317 e. The van der Waals surface area contributed by atoms with Crippen molar-refractivity contribution in [3.05, 3.63) is 47.2 Å². The highest BCUT2D eigenvalue weighted by Gasteiger charge is 2.21. The summed E-state index contributed by atoms with van der Waals surface area (Å²) in [6.45, 7) is 3.46. The third-order valence-corrected chi connectivity index (χ3v) is 3.96. The molecule has 0 aliphatic carbocycles. The van der Waals surface area contributed by atoms with E-state index in [1.807, 2.05) is 35.2 Å². The van der Waals surface area contributed by atoms with Gasteiger partial charge in [-0.2, -0.15) is 5.10 Å². The summed E-state index contributed by atoms with van der Waals surface area (Å²) in [5, 5.41) is 10.3. The lowest BCUT2D eigenvalue weighted by Gasteiger charge is -2.36. The first-order valence-electron chi connectivity index (χ1n) is 7.24. The molecule has 1 aliphatic heterocycles. The number of H-pyrrole nitrogens is 1. The number of nitrogens with one attached hydrogen (secondary N) is 2. The molecule has 0 atom stereocenters. The van der Waals surface area contributed by atoms with Gasteiger partial charge in [-0.05, 0) is 24.3 Å². The van der Waals surface area contributed by atoms with Crippen LogP contribution in [0.1, 0.15) is 5.69 Å². The molecule has 116 valence electrons. The van der Waals surface area contributed by atoms with Gasteiger partial charge in [0, 0.05) is 43.1 Å². The van der Waals surface area contributed by atoms with E-state index in [2.05, 4.69) is 20.4 Å². The smallest absolute Gasteiger partial charge is 0.317 e. The minimum Gasteiger partial charge on any atom is -0.368 e. The Kier molecular flexibility index (Phi) is 4.48. The van der Waals surface area contributed by atoms with Gasteiger partial charge >= 0.3 is 6.03 Å². The van der Waals surface area contributed by atoms with E-state index in [4.69, 9.17) is 11.6 Å². The molecule has 2 amide bonds. The molecular weight excluding hydrogens is 302 g/mol. The summed E-state index contributed by atoms with van der Waals surface area (Å²) in [6, 6.07) is 9.61. The van der Waals surface area contributed by atoms with Gasteiger partial charge < -0.3 is 15.1 Å². The Morgan fingerprint density at radius 3 is 2.77 bits per heavy atom. The summed E-state index contributed by atoms with van der Waals surface area (Å²) in [5.74, 6) is 0. The number of urea groups is 1. The molecule has 0 saturated carbocycles. The predicted octanol–water partition coefficient (Wildman–Crippen LogP) is 2.09. The highest BCUT2D eigenvalue weighted by Crippen LogP contribution is 2.20. The molecular formula is C15H18ClN5O. The van der Waals surface area contributed by atoms with Gasteiger partial charge in [0.25, 0.3) is 0 Å². The van der Waals surface area contributed by atoms with Crippen molar-refractivity contribution >= 4 is 23.3 Å². The zero-order valence-corrected chi connectivity index (χ0v) is 12.9. The Labute approximate surface area is 134 Å². The lowest BCUT2D eigenvalue weighted by Crippen LogP contribution is -2.51. The van der Waals surface area contributed by atoms with Crippen LogP contribution in [0.5, 0.6) is 0 Å². The van der Waals surface area contributed by atoms with Crippen LogP contribution < -0.4 is 10.2 Å². The second-order valence-electron chi connectivity index (χ2n) is 5.19. The number of aromatic amines is 1. The quantitative estimate of drug-likeness (QED) is 0.910. The van der Waals surface area contributed by atoms with E-state index in [0.717, 1.165) is 29.5 Å². The molecule has 1 aromatic heterocycles. The van der Waals surface area contributed by atoms with Crippen LogP contribution in [0.4, 0.5) is 10.5 Å². The Hall–Kier alpha value is -2.21. The van der Waals surface area contributed by atoms with Crippen molar-refractivity contribution in [1.29, 1.82) is 0 Å². The van der Waals surface area contributed by atoms with E-state index >= 15 is 0 Å². The van der Waals surface area contributed by atoms with Crippen molar-refractivity contribution in [1.82, 2.24) is 20.4 Å². The molecule has 6 nitrogen and oxygen atoms in total. The van der Waals surface area contributed by atoms with Crippen LogP contribution in [-0.2, 0) is 6.54 Å². The number of halogens is 1. The number of anilines is 1. The van der Waals surface area contributed by atoms with Crippen LogP contribution in [0, 0.1) is 0 Å². The number of rotatable bonds is 3. The van der Waals surface area contributed by atoms with Crippen LogP contribution in [0.25, 0.3) is 0 Å². The van der Waals surface area contributed by atoms with Crippen LogP contribution >= 0.6 is 11.6 Å². The molecule has 0 unspecified atom stereocenters. The third-order valence-electron chi connectivity index (χ3n) is 3.73. The summed E-state index contributed by atoms with van der Waals surface area (Å²) in [6.07, 6.45) is 1.67. The number of aromatic nitrogens is 2. The average Bonchev–Trinajstić information content (AvgIpc) is 3.06. The summed E-state index contributed by atoms with van der Waals surface area (Å²) in [4.78, 5) is 16.2. The molecule has 0 bridgehead atoms. The second kappa shape index (κ2) is 6.70. The summed E-state index contributed by atoms with van der Waals surface area (Å²) in [7, 11) is 0. The second-order valence-corrected chi connectivity index (χ2v) is 5.63. The van der Waals surface area contributed by atoms with E-state index in [9.17, 15) is 4.79 Å². The molecule has 0 spiro atoms. The molecule has 1 aliphatic rings. The summed E-state index contributed by atoms with van der Waals surface area (Å²) < 4.78 is 0. The number of hydrogen-bond acceptors (Lipinski definition) is 3. The van der Waals surface area contributed by atoms with Gasteiger partial charge in [0.05, 0.1) is 12.2 Å². The SMILES string of the molecule is O=C(NCc1ccn[nH]1)N1CCN(c2cccc(Cl)c2)CC1. The molecule has 2 N–H and O–H groups in total. The predicted molar refractivity (Wildman–Crippen MR) is 86.1 cm³/mol. The van der Waals surface area contributed by atoms with E-state index in [0.29, 0.717) is 19.6 Å². The first kappa shape index (κ1) is 14.7. The molecule has 7 heteroatoms. The Balaban J connectivity index is 1.49. The minimum absolute atomic E-state index is 0.0413. The monoisotopic (exact) mass is 319 g/mol. The Morgan fingerprint density at radius 2 is 2.09 bits per heavy atom. The normalized spacial score (nSPS) is 15.0. The number of amides is 2. The van der Waals surface area contributed by atoms with Gasteiger partial charge in [0.2, 0.25) is 0 Å².